The third-order valence-corrected chi connectivity index (χ3v) is 15.0. The van der Waals surface area contributed by atoms with Crippen LogP contribution < -0.4 is 5.06 Å². The lowest BCUT2D eigenvalue weighted by atomic mass is 9.84. The maximum atomic E-state index is 13.1. The highest BCUT2D eigenvalue weighted by Crippen LogP contribution is 2.65. The first-order chi connectivity index (χ1) is 13.7. The van der Waals surface area contributed by atoms with Crippen LogP contribution in [0.2, 0.25) is 0 Å². The first-order valence-corrected chi connectivity index (χ1v) is 14.5. The van der Waals surface area contributed by atoms with Gasteiger partial charge in [-0.05, 0) is 39.8 Å². The normalized spacial score (nSPS) is 30.8. The van der Waals surface area contributed by atoms with Gasteiger partial charge in [-0.15, -0.1) is 28.7 Å². The molecular weight excluding hydrogens is 481 g/mol. The van der Waals surface area contributed by atoms with Crippen LogP contribution in [-0.4, -0.2) is 27.6 Å². The van der Waals surface area contributed by atoms with Crippen LogP contribution in [0.5, 0.6) is 0 Å². The van der Waals surface area contributed by atoms with Crippen molar-refractivity contribution >= 4 is 70.6 Å². The van der Waals surface area contributed by atoms with Gasteiger partial charge in [0.05, 0.1) is 16.9 Å². The quantitative estimate of drug-likeness (QED) is 0.492. The molecule has 1 aromatic carbocycles. The molecule has 4 nitrogen and oxygen atoms in total. The van der Waals surface area contributed by atoms with Crippen LogP contribution in [0.3, 0.4) is 0 Å². The summed E-state index contributed by atoms with van der Waals surface area (Å²) in [6.07, 6.45) is -0.718. The van der Waals surface area contributed by atoms with Crippen LogP contribution in [0.1, 0.15) is 39.4 Å². The van der Waals surface area contributed by atoms with Crippen LogP contribution >= 0.6 is 70.6 Å². The third-order valence-electron chi connectivity index (χ3n) is 6.12. The predicted octanol–water partition coefficient (Wildman–Crippen LogP) is 5.70. The maximum absolute atomic E-state index is 13.1. The molecule has 0 amide bonds. The average Bonchev–Trinajstić information content (AvgIpc) is 3.33. The Hall–Kier alpha value is 0.640. The minimum absolute atomic E-state index is 0.0134. The fourth-order valence-electron chi connectivity index (χ4n) is 3.60. The average molecular weight is 502 g/mol. The molecular formula is C19H21N2O2S6. The molecule has 1 radical (unpaired) electrons. The van der Waals surface area contributed by atoms with Gasteiger partial charge < -0.3 is 10.3 Å². The van der Waals surface area contributed by atoms with Crippen molar-refractivity contribution in [2.24, 2.45) is 0 Å². The Morgan fingerprint density at radius 3 is 2.10 bits per heavy atom. The molecule has 4 aliphatic rings. The number of hydroxylamine groups is 4. The van der Waals surface area contributed by atoms with Crippen molar-refractivity contribution in [3.63, 3.8) is 0 Å². The van der Waals surface area contributed by atoms with Crippen molar-refractivity contribution in [2.45, 2.75) is 54.7 Å². The Kier molecular flexibility index (Phi) is 5.63. The van der Waals surface area contributed by atoms with E-state index in [9.17, 15) is 10.4 Å². The van der Waals surface area contributed by atoms with Gasteiger partial charge in [0.15, 0.2) is 6.17 Å². The standard InChI is InChI=1S/C19H21N2O2S6/c1-18(2)19(3,4)21(23)13(20(18)22)10-5-6-11-12(9-10)27-16(26-11)17-28-14-15(29-17)25-8-7-24-14/h5-6,9,13,20H,7-8H2,1-4H3. The number of rotatable bonds is 1. The van der Waals surface area contributed by atoms with E-state index in [1.807, 2.05) is 92.6 Å². The second-order valence-electron chi connectivity index (χ2n) is 8.24. The molecule has 4 aliphatic heterocycles. The molecule has 4 heterocycles. The van der Waals surface area contributed by atoms with E-state index in [4.69, 9.17) is 0 Å². The Bertz CT molecular complexity index is 905. The summed E-state index contributed by atoms with van der Waals surface area (Å²) in [5.74, 6) is 2.38. The maximum Gasteiger partial charge on any atom is 0.196 e. The highest BCUT2D eigenvalue weighted by atomic mass is 32.3. The molecule has 0 saturated carbocycles. The first-order valence-electron chi connectivity index (χ1n) is 9.30. The molecule has 1 saturated heterocycles. The van der Waals surface area contributed by atoms with Gasteiger partial charge >= 0.3 is 0 Å². The summed E-state index contributed by atoms with van der Waals surface area (Å²) in [6.45, 7) is 7.52. The Labute approximate surface area is 197 Å². The lowest BCUT2D eigenvalue weighted by Crippen LogP contribution is -3.14. The van der Waals surface area contributed by atoms with Gasteiger partial charge in [-0.2, -0.15) is 0 Å². The third kappa shape index (κ3) is 3.37. The van der Waals surface area contributed by atoms with Gasteiger partial charge in [0.2, 0.25) is 0 Å². The zero-order valence-electron chi connectivity index (χ0n) is 16.4. The zero-order chi connectivity index (χ0) is 20.6. The van der Waals surface area contributed by atoms with Crippen LogP contribution in [-0.2, 0) is 5.21 Å². The van der Waals surface area contributed by atoms with Crippen LogP contribution in [0.25, 0.3) is 0 Å². The minimum atomic E-state index is -0.722. The zero-order valence-corrected chi connectivity index (χ0v) is 21.3. The fraction of sp³-hybridized carbons (Fsp3) is 0.474. The summed E-state index contributed by atoms with van der Waals surface area (Å²) in [5.41, 5.74) is -0.581. The second-order valence-corrected chi connectivity index (χ2v) is 15.6. The lowest BCUT2D eigenvalue weighted by Gasteiger charge is -2.39. The number of thioether (sulfide) groups is 6. The largest absolute Gasteiger partial charge is 0.632 e. The molecule has 5 rings (SSSR count). The van der Waals surface area contributed by atoms with E-state index in [1.165, 1.54) is 33.3 Å². The molecule has 1 fully saturated rings. The van der Waals surface area contributed by atoms with E-state index in [-0.39, 0.29) is 5.06 Å². The highest BCUT2D eigenvalue weighted by molar-refractivity contribution is 8.42. The van der Waals surface area contributed by atoms with Crippen LogP contribution in [0, 0.1) is 5.21 Å². The second kappa shape index (κ2) is 7.60. The smallest absolute Gasteiger partial charge is 0.196 e. The number of quaternary nitrogens is 1. The van der Waals surface area contributed by atoms with Crippen molar-refractivity contribution in [1.82, 2.24) is 5.06 Å². The number of benzene rings is 1. The number of hydrogen-bond acceptors (Lipinski definition) is 8. The van der Waals surface area contributed by atoms with E-state index in [0.717, 1.165) is 15.5 Å². The highest BCUT2D eigenvalue weighted by Gasteiger charge is 2.60. The molecule has 0 aromatic heterocycles. The van der Waals surface area contributed by atoms with Gasteiger partial charge in [0, 0.05) is 26.9 Å². The van der Waals surface area contributed by atoms with Crippen molar-refractivity contribution in [3.8, 4) is 0 Å². The van der Waals surface area contributed by atoms with E-state index >= 15 is 0 Å². The van der Waals surface area contributed by atoms with E-state index in [0.29, 0.717) is 0 Å². The summed E-state index contributed by atoms with van der Waals surface area (Å²) in [7, 11) is 0. The molecule has 155 valence electrons. The molecule has 2 unspecified atom stereocenters. The predicted molar refractivity (Wildman–Crippen MR) is 130 cm³/mol. The Morgan fingerprint density at radius 1 is 0.931 bits per heavy atom. The number of nitrogens with zero attached hydrogens (tertiary/aromatic N) is 1. The molecule has 0 bridgehead atoms. The monoisotopic (exact) mass is 501 g/mol. The van der Waals surface area contributed by atoms with Crippen molar-refractivity contribution in [2.75, 3.05) is 11.5 Å². The fourth-order valence-corrected chi connectivity index (χ4v) is 12.4. The summed E-state index contributed by atoms with van der Waals surface area (Å²) < 4.78 is 5.60. The SMILES string of the molecule is CC1(C)N([O])C(c2ccc3c(c2)SC(=C2SC4=C(SCCS4)S2)S3)[NH+]([O-])C1(C)C. The molecule has 2 atom stereocenters. The molecule has 0 spiro atoms. The molecule has 10 heteroatoms. The van der Waals surface area contributed by atoms with Gasteiger partial charge in [0.1, 0.15) is 11.1 Å². The topological polar surface area (TPSA) is 50.6 Å². The molecule has 1 N–H and O–H groups in total. The van der Waals surface area contributed by atoms with Crippen molar-refractivity contribution < 1.29 is 10.3 Å². The van der Waals surface area contributed by atoms with Gasteiger partial charge in [-0.25, -0.2) is 0 Å². The van der Waals surface area contributed by atoms with Crippen molar-refractivity contribution in [1.29, 1.82) is 0 Å². The van der Waals surface area contributed by atoms with Gasteiger partial charge in [-0.3, -0.25) is 0 Å². The van der Waals surface area contributed by atoms with E-state index < -0.39 is 17.2 Å². The number of fused-ring (bicyclic) bond motifs is 1. The van der Waals surface area contributed by atoms with Crippen LogP contribution in [0.4, 0.5) is 0 Å². The molecule has 29 heavy (non-hydrogen) atoms. The summed E-state index contributed by atoms with van der Waals surface area (Å²) in [5, 5.41) is 27.1. The van der Waals surface area contributed by atoms with Gasteiger partial charge in [-0.1, -0.05) is 58.2 Å². The molecule has 0 aliphatic carbocycles. The Balaban J connectivity index is 1.41. The number of nitrogens with one attached hydrogen (secondary N) is 1. The Morgan fingerprint density at radius 2 is 1.52 bits per heavy atom. The summed E-state index contributed by atoms with van der Waals surface area (Å²) in [4.78, 5) is 2.37. The van der Waals surface area contributed by atoms with E-state index in [2.05, 4.69) is 12.1 Å². The molecule has 1 aromatic rings. The lowest BCUT2D eigenvalue weighted by molar-refractivity contribution is -0.926. The van der Waals surface area contributed by atoms with Gasteiger partial charge in [0.25, 0.3) is 0 Å². The van der Waals surface area contributed by atoms with Crippen LogP contribution in [0.15, 0.2) is 44.9 Å². The van der Waals surface area contributed by atoms with E-state index in [1.54, 1.807) is 11.8 Å². The summed E-state index contributed by atoms with van der Waals surface area (Å²) in [6, 6.07) is 6.11. The number of hydrogen-bond donors (Lipinski definition) is 1. The minimum Gasteiger partial charge on any atom is -0.632 e. The van der Waals surface area contributed by atoms with Crippen molar-refractivity contribution in [3.05, 3.63) is 45.9 Å². The first kappa shape index (κ1) is 21.5. The summed E-state index contributed by atoms with van der Waals surface area (Å²) >= 11 is 11.3.